The zero-order valence-corrected chi connectivity index (χ0v) is 11.9. The first kappa shape index (κ1) is 15.4. The predicted molar refractivity (Wildman–Crippen MR) is 77.1 cm³/mol. The summed E-state index contributed by atoms with van der Waals surface area (Å²) < 4.78 is 37.3. The highest BCUT2D eigenvalue weighted by Crippen LogP contribution is 2.28. The van der Waals surface area contributed by atoms with Crippen molar-refractivity contribution >= 4 is 5.69 Å². The summed E-state index contributed by atoms with van der Waals surface area (Å²) in [6.45, 7) is 4.04. The van der Waals surface area contributed by atoms with Crippen molar-refractivity contribution < 1.29 is 13.2 Å². The van der Waals surface area contributed by atoms with Crippen molar-refractivity contribution in [2.75, 3.05) is 5.32 Å². The molecule has 1 heterocycles. The average molecular weight is 294 g/mol. The van der Waals surface area contributed by atoms with E-state index in [1.165, 1.54) is 17.8 Å². The second-order valence-corrected chi connectivity index (χ2v) is 4.89. The number of aromatic nitrogens is 1. The molecule has 0 amide bonds. The summed E-state index contributed by atoms with van der Waals surface area (Å²) >= 11 is 0. The van der Waals surface area contributed by atoms with E-state index in [1.807, 2.05) is 19.1 Å². The van der Waals surface area contributed by atoms with Crippen LogP contribution in [-0.2, 0) is 12.6 Å². The van der Waals surface area contributed by atoms with Gasteiger partial charge in [0.1, 0.15) is 5.69 Å². The van der Waals surface area contributed by atoms with Crippen molar-refractivity contribution in [1.82, 2.24) is 4.98 Å². The van der Waals surface area contributed by atoms with E-state index in [0.29, 0.717) is 5.69 Å². The maximum Gasteiger partial charge on any atom is 0.433 e. The summed E-state index contributed by atoms with van der Waals surface area (Å²) in [5.74, 6) is 0. The normalized spacial score (nSPS) is 13.0. The van der Waals surface area contributed by atoms with Gasteiger partial charge in [-0.05, 0) is 36.6 Å². The Balaban J connectivity index is 2.06. The number of rotatable bonds is 4. The summed E-state index contributed by atoms with van der Waals surface area (Å²) in [7, 11) is 0. The fourth-order valence-electron chi connectivity index (χ4n) is 2.02. The highest BCUT2D eigenvalue weighted by Gasteiger charge is 2.32. The minimum Gasteiger partial charge on any atom is -0.377 e. The predicted octanol–water partition coefficient (Wildman–Crippen LogP) is 4.84. The SMILES string of the molecule is CCc1ccc(C(C)Nc2ccc(C(F)(F)F)nc2)cc1. The van der Waals surface area contributed by atoms with Gasteiger partial charge in [-0.15, -0.1) is 0 Å². The molecule has 21 heavy (non-hydrogen) atoms. The molecule has 1 atom stereocenters. The van der Waals surface area contributed by atoms with Crippen molar-refractivity contribution in [1.29, 1.82) is 0 Å². The topological polar surface area (TPSA) is 24.9 Å². The number of anilines is 1. The van der Waals surface area contributed by atoms with Crippen LogP contribution in [0.25, 0.3) is 0 Å². The van der Waals surface area contributed by atoms with Gasteiger partial charge in [0.05, 0.1) is 11.9 Å². The van der Waals surface area contributed by atoms with Crippen molar-refractivity contribution in [3.05, 3.63) is 59.4 Å². The van der Waals surface area contributed by atoms with Crippen LogP contribution in [0.3, 0.4) is 0 Å². The van der Waals surface area contributed by atoms with E-state index < -0.39 is 11.9 Å². The molecule has 0 bridgehead atoms. The van der Waals surface area contributed by atoms with Crippen LogP contribution < -0.4 is 5.32 Å². The van der Waals surface area contributed by atoms with Gasteiger partial charge < -0.3 is 5.32 Å². The molecule has 0 aliphatic rings. The number of nitrogens with zero attached hydrogens (tertiary/aromatic N) is 1. The molecule has 0 aliphatic carbocycles. The fraction of sp³-hybridized carbons (Fsp3) is 0.312. The molecule has 0 spiro atoms. The molecule has 2 rings (SSSR count). The third kappa shape index (κ3) is 3.97. The Bertz CT molecular complexity index is 574. The summed E-state index contributed by atoms with van der Waals surface area (Å²) in [6.07, 6.45) is -2.22. The van der Waals surface area contributed by atoms with Crippen LogP contribution >= 0.6 is 0 Å². The molecule has 1 unspecified atom stereocenters. The molecule has 112 valence electrons. The number of pyridine rings is 1. The first-order chi connectivity index (χ1) is 9.90. The van der Waals surface area contributed by atoms with Crippen molar-refractivity contribution in [3.63, 3.8) is 0 Å². The Morgan fingerprint density at radius 2 is 1.76 bits per heavy atom. The standard InChI is InChI=1S/C16H17F3N2/c1-3-12-4-6-13(7-5-12)11(2)21-14-8-9-15(20-10-14)16(17,18)19/h4-11,21H,3H2,1-2H3. The highest BCUT2D eigenvalue weighted by molar-refractivity contribution is 5.44. The average Bonchev–Trinajstić information content (AvgIpc) is 2.47. The van der Waals surface area contributed by atoms with Gasteiger partial charge in [0.15, 0.2) is 0 Å². The van der Waals surface area contributed by atoms with E-state index >= 15 is 0 Å². The molecule has 0 saturated heterocycles. The first-order valence-electron chi connectivity index (χ1n) is 6.78. The number of aryl methyl sites for hydroxylation is 1. The highest BCUT2D eigenvalue weighted by atomic mass is 19.4. The summed E-state index contributed by atoms with van der Waals surface area (Å²) in [6, 6.07) is 10.5. The smallest absolute Gasteiger partial charge is 0.377 e. The van der Waals surface area contributed by atoms with Crippen LogP contribution in [0.4, 0.5) is 18.9 Å². The third-order valence-corrected chi connectivity index (χ3v) is 3.33. The lowest BCUT2D eigenvalue weighted by molar-refractivity contribution is -0.141. The molecule has 1 aromatic heterocycles. The Kier molecular flexibility index (Phi) is 4.50. The number of alkyl halides is 3. The van der Waals surface area contributed by atoms with Gasteiger partial charge in [0, 0.05) is 6.04 Å². The molecule has 0 saturated carbocycles. The number of benzene rings is 1. The van der Waals surface area contributed by atoms with E-state index in [9.17, 15) is 13.2 Å². The Hall–Kier alpha value is -2.04. The second-order valence-electron chi connectivity index (χ2n) is 4.89. The van der Waals surface area contributed by atoms with Crippen LogP contribution in [0.15, 0.2) is 42.6 Å². The maximum atomic E-state index is 12.4. The largest absolute Gasteiger partial charge is 0.433 e. The van der Waals surface area contributed by atoms with Gasteiger partial charge in [-0.25, -0.2) is 4.98 Å². The molecule has 1 N–H and O–H groups in total. The molecule has 0 fully saturated rings. The Morgan fingerprint density at radius 1 is 1.10 bits per heavy atom. The van der Waals surface area contributed by atoms with Gasteiger partial charge in [0.25, 0.3) is 0 Å². The number of hydrogen-bond donors (Lipinski definition) is 1. The zero-order chi connectivity index (χ0) is 15.5. The van der Waals surface area contributed by atoms with Crippen molar-refractivity contribution in [2.24, 2.45) is 0 Å². The lowest BCUT2D eigenvalue weighted by Gasteiger charge is -2.16. The van der Waals surface area contributed by atoms with Crippen LogP contribution in [0, 0.1) is 0 Å². The minimum absolute atomic E-state index is 0.00515. The Morgan fingerprint density at radius 3 is 2.24 bits per heavy atom. The summed E-state index contributed by atoms with van der Waals surface area (Å²) in [5.41, 5.74) is 2.01. The zero-order valence-electron chi connectivity index (χ0n) is 11.9. The number of nitrogens with one attached hydrogen (secondary N) is 1. The third-order valence-electron chi connectivity index (χ3n) is 3.33. The van der Waals surface area contributed by atoms with Gasteiger partial charge in [-0.2, -0.15) is 13.2 Å². The van der Waals surface area contributed by atoms with Crippen molar-refractivity contribution in [3.8, 4) is 0 Å². The van der Waals surface area contributed by atoms with E-state index in [1.54, 1.807) is 0 Å². The van der Waals surface area contributed by atoms with E-state index in [0.717, 1.165) is 18.1 Å². The summed E-state index contributed by atoms with van der Waals surface area (Å²) in [4.78, 5) is 3.44. The number of hydrogen-bond acceptors (Lipinski definition) is 2. The van der Waals surface area contributed by atoms with Gasteiger partial charge >= 0.3 is 6.18 Å². The lowest BCUT2D eigenvalue weighted by atomic mass is 10.0. The van der Waals surface area contributed by atoms with Gasteiger partial charge in [0.2, 0.25) is 0 Å². The molecule has 5 heteroatoms. The first-order valence-corrected chi connectivity index (χ1v) is 6.78. The van der Waals surface area contributed by atoms with Crippen molar-refractivity contribution in [2.45, 2.75) is 32.5 Å². The molecule has 0 radical (unpaired) electrons. The van der Waals surface area contributed by atoms with Crippen LogP contribution in [0.2, 0.25) is 0 Å². The molecule has 2 aromatic rings. The molecule has 2 nitrogen and oxygen atoms in total. The maximum absolute atomic E-state index is 12.4. The number of halogens is 3. The molecule has 1 aromatic carbocycles. The van der Waals surface area contributed by atoms with Gasteiger partial charge in [-0.1, -0.05) is 31.2 Å². The van der Waals surface area contributed by atoms with Crippen LogP contribution in [0.1, 0.15) is 36.7 Å². The van der Waals surface area contributed by atoms with E-state index in [-0.39, 0.29) is 6.04 Å². The quantitative estimate of drug-likeness (QED) is 0.873. The van der Waals surface area contributed by atoms with E-state index in [2.05, 4.69) is 29.4 Å². The fourth-order valence-corrected chi connectivity index (χ4v) is 2.02. The monoisotopic (exact) mass is 294 g/mol. The van der Waals surface area contributed by atoms with Crippen LogP contribution in [-0.4, -0.2) is 4.98 Å². The minimum atomic E-state index is -4.40. The second kappa shape index (κ2) is 6.16. The van der Waals surface area contributed by atoms with E-state index in [4.69, 9.17) is 0 Å². The van der Waals surface area contributed by atoms with Gasteiger partial charge in [-0.3, -0.25) is 0 Å². The lowest BCUT2D eigenvalue weighted by Crippen LogP contribution is -2.10. The summed E-state index contributed by atoms with van der Waals surface area (Å²) in [5, 5.41) is 3.14. The Labute approximate surface area is 122 Å². The molecular weight excluding hydrogens is 277 g/mol. The molecule has 0 aliphatic heterocycles. The van der Waals surface area contributed by atoms with Crippen LogP contribution in [0.5, 0.6) is 0 Å². The molecular formula is C16H17F3N2.